The van der Waals surface area contributed by atoms with Crippen molar-refractivity contribution in [1.82, 2.24) is 19.9 Å². The van der Waals surface area contributed by atoms with Gasteiger partial charge in [0.05, 0.1) is 22.8 Å². The Balaban J connectivity index is 0.00000270. The van der Waals surface area contributed by atoms with Crippen molar-refractivity contribution >= 4 is 11.9 Å². The second-order valence-electron chi connectivity index (χ2n) is 10.1. The number of aromatic nitrogens is 4. The number of aromatic carboxylic acids is 2. The summed E-state index contributed by atoms with van der Waals surface area (Å²) in [7, 11) is 0. The third-order valence-electron chi connectivity index (χ3n) is 7.20. The summed E-state index contributed by atoms with van der Waals surface area (Å²) >= 11 is 0. The van der Waals surface area contributed by atoms with Gasteiger partial charge >= 0.3 is 11.9 Å². The molecule has 0 fully saturated rings. The molecule has 0 amide bonds. The van der Waals surface area contributed by atoms with Crippen LogP contribution in [0.5, 0.6) is 0 Å². The van der Waals surface area contributed by atoms with Crippen molar-refractivity contribution in [1.29, 1.82) is 0 Å². The van der Waals surface area contributed by atoms with Gasteiger partial charge in [0.25, 0.3) is 0 Å². The maximum Gasteiger partial charge on any atom is 0.354 e. The van der Waals surface area contributed by atoms with Crippen LogP contribution in [0.1, 0.15) is 43.8 Å². The first-order chi connectivity index (χ1) is 22.6. The van der Waals surface area contributed by atoms with Gasteiger partial charge in [-0.1, -0.05) is 59.7 Å². The number of hydrogen-bond donors (Lipinski definition) is 2. The molecule has 4 heterocycles. The van der Waals surface area contributed by atoms with Crippen molar-refractivity contribution in [3.63, 3.8) is 0 Å². The molecule has 0 aliphatic heterocycles. The molecule has 0 aliphatic carbocycles. The zero-order valence-corrected chi connectivity index (χ0v) is 28.9. The van der Waals surface area contributed by atoms with E-state index in [2.05, 4.69) is 32.1 Å². The van der Waals surface area contributed by atoms with E-state index in [0.29, 0.717) is 12.1 Å². The van der Waals surface area contributed by atoms with Crippen LogP contribution >= 0.6 is 0 Å². The molecule has 0 atom stereocenters. The third kappa shape index (κ3) is 7.11. The van der Waals surface area contributed by atoms with Gasteiger partial charge in [-0.2, -0.15) is 0 Å². The Morgan fingerprint density at radius 2 is 0.898 bits per heavy atom. The van der Waals surface area contributed by atoms with E-state index < -0.39 is 52.0 Å². The van der Waals surface area contributed by atoms with E-state index >= 15 is 0 Å². The van der Waals surface area contributed by atoms with Gasteiger partial charge in [-0.3, -0.25) is 27.5 Å². The van der Waals surface area contributed by atoms with E-state index in [9.17, 15) is 37.4 Å². The van der Waals surface area contributed by atoms with E-state index in [4.69, 9.17) is 0 Å². The largest absolute Gasteiger partial charge is 0.477 e. The molecular weight excluding hydrogens is 1010 g/mol. The molecule has 4 aromatic heterocycles. The first kappa shape index (κ1) is 36.9. The van der Waals surface area contributed by atoms with E-state index in [1.807, 2.05) is 0 Å². The summed E-state index contributed by atoms with van der Waals surface area (Å²) in [5.74, 6) is -6.46. The van der Waals surface area contributed by atoms with Crippen LogP contribution in [0.25, 0.3) is 22.5 Å². The predicted molar refractivity (Wildman–Crippen MR) is 158 cm³/mol. The van der Waals surface area contributed by atoms with Crippen molar-refractivity contribution in [3.8, 4) is 22.5 Å². The molecule has 2 aromatic carbocycles. The van der Waals surface area contributed by atoms with Crippen molar-refractivity contribution in [2.24, 2.45) is 0 Å². The van der Waals surface area contributed by atoms with Crippen LogP contribution in [0.2, 0.25) is 0 Å². The number of rotatable bonds is 8. The number of carbonyl (C=O) groups is 2. The van der Waals surface area contributed by atoms with Gasteiger partial charge < -0.3 is 10.2 Å². The normalized spacial score (nSPS) is 10.9. The maximum absolute atomic E-state index is 15.0. The fourth-order valence-corrected chi connectivity index (χ4v) is 5.16. The molecule has 0 saturated heterocycles. The second kappa shape index (κ2) is 15.1. The molecule has 6 rings (SSSR count). The van der Waals surface area contributed by atoms with Gasteiger partial charge in [-0.05, 0) is 47.8 Å². The molecule has 252 valence electrons. The Hall–Kier alpha value is -4.92. The number of hydrogen-bond acceptors (Lipinski definition) is 6. The first-order valence-electron chi connectivity index (χ1n) is 13.7. The maximum atomic E-state index is 15.0. The van der Waals surface area contributed by atoms with Crippen molar-refractivity contribution in [2.45, 2.75) is 5.41 Å². The van der Waals surface area contributed by atoms with Crippen molar-refractivity contribution < 1.29 is 79.5 Å². The molecule has 6 aromatic rings. The fraction of sp³-hybridized carbons (Fsp3) is 0.0286. The van der Waals surface area contributed by atoms with Crippen LogP contribution in [-0.2, 0) is 47.5 Å². The molecule has 49 heavy (non-hydrogen) atoms. The van der Waals surface area contributed by atoms with Gasteiger partial charge in [-0.15, -0.1) is 24.3 Å². The Kier molecular flexibility index (Phi) is 11.4. The number of carboxylic acid groups (broad SMARTS) is 2. The van der Waals surface area contributed by atoms with Gasteiger partial charge in [0.15, 0.2) is 0 Å². The summed E-state index contributed by atoms with van der Waals surface area (Å²) in [6.45, 7) is 0. The van der Waals surface area contributed by atoms with Crippen molar-refractivity contribution in [2.75, 3.05) is 0 Å². The Labute approximate surface area is 304 Å². The summed E-state index contributed by atoms with van der Waals surface area (Å²) in [6.07, 6.45) is 0. The van der Waals surface area contributed by atoms with E-state index in [-0.39, 0.29) is 87.4 Å². The number of halogens is 4. The summed E-state index contributed by atoms with van der Waals surface area (Å²) < 4.78 is 57.5. The molecule has 2 N–H and O–H groups in total. The van der Waals surface area contributed by atoms with Gasteiger partial charge in [0, 0.05) is 65.4 Å². The molecule has 0 unspecified atom stereocenters. The van der Waals surface area contributed by atoms with Crippen LogP contribution in [0, 0.1) is 35.4 Å². The van der Waals surface area contributed by atoms with Crippen LogP contribution in [0.4, 0.5) is 17.6 Å². The van der Waals surface area contributed by atoms with Crippen LogP contribution < -0.4 is 0 Å². The van der Waals surface area contributed by atoms with E-state index in [0.717, 1.165) is 12.1 Å². The fourth-order valence-electron chi connectivity index (χ4n) is 5.16. The molecular formula is C35H18F4N4O4Pt2-2. The zero-order valence-electron chi connectivity index (χ0n) is 24.4. The standard InChI is InChI=1S/C35H18F4N4O4.2Pt/c36-19-13-15-21(23(38)17-19)25-5-1-9-29(40-25)35(31-11-3-7-27(42-31)33(44)45,32-12-4-8-28(43-32)34(46)47)30-10-2-6-26(41-30)22-16-14-20(37)18-24(22)39;;/h1-14,17-18H,(H,44,45)(H,46,47);;/q-2;;. The SMILES string of the molecule is O=C(O)c1cccc(C(c2cccc(C(=O)O)n2)(c2cccc(-c3[c-]cc(F)cc3F)n2)c2cccc(-c3[c-]cc(F)cc3F)n2)n1.[Pt].[Pt]. The first-order valence-corrected chi connectivity index (χ1v) is 13.7. The number of carboxylic acids is 2. The van der Waals surface area contributed by atoms with Crippen molar-refractivity contribution in [3.05, 3.63) is 167 Å². The van der Waals surface area contributed by atoms with Crippen LogP contribution in [-0.4, -0.2) is 42.1 Å². The minimum absolute atomic E-state index is 0. The zero-order chi connectivity index (χ0) is 33.3. The van der Waals surface area contributed by atoms with Crippen LogP contribution in [0.15, 0.2) is 97.1 Å². The summed E-state index contributed by atoms with van der Waals surface area (Å²) in [5.41, 5.74) is -3.29. The van der Waals surface area contributed by atoms with E-state index in [1.165, 1.54) is 72.8 Å². The van der Waals surface area contributed by atoms with E-state index in [1.54, 1.807) is 0 Å². The smallest absolute Gasteiger partial charge is 0.354 e. The number of nitrogens with zero attached hydrogens (tertiary/aromatic N) is 4. The second-order valence-corrected chi connectivity index (χ2v) is 10.1. The third-order valence-corrected chi connectivity index (χ3v) is 7.20. The molecule has 0 spiro atoms. The summed E-state index contributed by atoms with van der Waals surface area (Å²) in [5, 5.41) is 19.7. The Morgan fingerprint density at radius 1 is 0.551 bits per heavy atom. The Morgan fingerprint density at radius 3 is 1.24 bits per heavy atom. The quantitative estimate of drug-likeness (QED) is 0.130. The van der Waals surface area contributed by atoms with Gasteiger partial charge in [0.1, 0.15) is 16.8 Å². The topological polar surface area (TPSA) is 126 Å². The molecule has 14 heteroatoms. The average molecular weight is 1020 g/mol. The molecule has 0 aliphatic rings. The molecule has 0 saturated carbocycles. The monoisotopic (exact) mass is 1020 g/mol. The molecule has 0 bridgehead atoms. The van der Waals surface area contributed by atoms with Gasteiger partial charge in [-0.25, -0.2) is 19.6 Å². The minimum atomic E-state index is -1.95. The molecule has 8 nitrogen and oxygen atoms in total. The minimum Gasteiger partial charge on any atom is -0.477 e. The van der Waals surface area contributed by atoms with Crippen LogP contribution in [0.3, 0.4) is 0 Å². The average Bonchev–Trinajstić information content (AvgIpc) is 3.06. The number of pyridine rings is 4. The van der Waals surface area contributed by atoms with Gasteiger partial charge in [0.2, 0.25) is 0 Å². The Bertz CT molecular complexity index is 2050. The predicted octanol–water partition coefficient (Wildman–Crippen LogP) is 6.53. The summed E-state index contributed by atoms with van der Waals surface area (Å²) in [4.78, 5) is 42.3. The summed E-state index contributed by atoms with van der Waals surface area (Å²) in [6, 6.07) is 25.1. The number of benzene rings is 2. The molecule has 0 radical (unpaired) electrons.